The number of carbonyl (C=O) groups is 1. The highest BCUT2D eigenvalue weighted by Gasteiger charge is 2.43. The summed E-state index contributed by atoms with van der Waals surface area (Å²) in [5.41, 5.74) is -3.66. The van der Waals surface area contributed by atoms with Crippen molar-refractivity contribution in [3.05, 3.63) is 58.3 Å². The van der Waals surface area contributed by atoms with Crippen LogP contribution in [0.25, 0.3) is 0 Å². The van der Waals surface area contributed by atoms with Gasteiger partial charge >= 0.3 is 18.4 Å². The molecule has 0 radical (unpaired) electrons. The Balaban J connectivity index is 1.69. The number of carbonyl (C=O) groups excluding carboxylic acids is 1. The highest BCUT2D eigenvalue weighted by atomic mass is 19.4. The Morgan fingerprint density at radius 3 is 2.17 bits per heavy atom. The molecule has 1 N–H and O–H groups in total. The van der Waals surface area contributed by atoms with Crippen LogP contribution in [0.2, 0.25) is 0 Å². The summed E-state index contributed by atoms with van der Waals surface area (Å²) < 4.78 is 113. The van der Waals surface area contributed by atoms with Crippen molar-refractivity contribution < 1.29 is 44.7 Å². The summed E-state index contributed by atoms with van der Waals surface area (Å²) in [6.45, 7) is 5.00. The van der Waals surface area contributed by atoms with Crippen LogP contribution in [0.3, 0.4) is 0 Å². The maximum absolute atomic E-state index is 13.6. The normalized spacial score (nSPS) is 20.8. The minimum atomic E-state index is -5.07. The molecule has 0 bridgehead atoms. The van der Waals surface area contributed by atoms with E-state index in [-0.39, 0.29) is 29.8 Å². The lowest BCUT2D eigenvalue weighted by Gasteiger charge is -2.36. The molecule has 2 fully saturated rings. The molecule has 6 nitrogen and oxygen atoms in total. The third-order valence-electron chi connectivity index (χ3n) is 7.25. The Morgan fingerprint density at radius 1 is 1.05 bits per heavy atom. The molecule has 0 saturated carbocycles. The van der Waals surface area contributed by atoms with E-state index in [1.54, 1.807) is 0 Å². The largest absolute Gasteiger partial charge is 0.439 e. The number of alkyl halides is 8. The van der Waals surface area contributed by atoms with Gasteiger partial charge in [-0.15, -0.1) is 0 Å². The highest BCUT2D eigenvalue weighted by Crippen LogP contribution is 2.41. The number of nitrogens with zero attached hydrogens (tertiary/aromatic N) is 3. The number of halogens is 8. The molecule has 220 valence electrons. The molecule has 1 amide bonds. The lowest BCUT2D eigenvalue weighted by molar-refractivity contribution is -0.143. The summed E-state index contributed by atoms with van der Waals surface area (Å²) in [6.07, 6.45) is -12.9. The van der Waals surface area contributed by atoms with Crippen molar-refractivity contribution in [3.63, 3.8) is 0 Å². The van der Waals surface area contributed by atoms with Crippen LogP contribution in [0.4, 0.5) is 45.7 Å². The fourth-order valence-corrected chi connectivity index (χ4v) is 5.20. The van der Waals surface area contributed by atoms with Crippen LogP contribution in [0.15, 0.2) is 30.5 Å². The van der Waals surface area contributed by atoms with E-state index < -0.39 is 53.7 Å². The Labute approximate surface area is 225 Å². The van der Waals surface area contributed by atoms with E-state index in [0.29, 0.717) is 24.5 Å². The van der Waals surface area contributed by atoms with Crippen LogP contribution < -0.4 is 10.2 Å². The van der Waals surface area contributed by atoms with Crippen molar-refractivity contribution in [2.45, 2.75) is 70.2 Å². The second kappa shape index (κ2) is 11.4. The predicted octanol–water partition coefficient (Wildman–Crippen LogP) is 6.72. The van der Waals surface area contributed by atoms with Gasteiger partial charge in [0.1, 0.15) is 11.9 Å². The van der Waals surface area contributed by atoms with Gasteiger partial charge in [-0.05, 0) is 69.6 Å². The molecule has 14 heteroatoms. The van der Waals surface area contributed by atoms with E-state index in [4.69, 9.17) is 4.74 Å². The van der Waals surface area contributed by atoms with E-state index in [2.05, 4.69) is 10.3 Å². The molecular weight excluding hydrogens is 552 g/mol. The number of hydrogen-bond donors (Lipinski definition) is 1. The SMILES string of the molecule is CCN(c1ncc(C(F)F)cc1CN1C(=O)OC(c2cc(C(F)(F)F)cc(C(F)(F)F)c2)C1C)C1CCNCC1. The van der Waals surface area contributed by atoms with Gasteiger partial charge in [0.25, 0.3) is 6.43 Å². The molecule has 1 aromatic carbocycles. The summed E-state index contributed by atoms with van der Waals surface area (Å²) in [5, 5.41) is 3.24. The zero-order valence-electron chi connectivity index (χ0n) is 21.6. The summed E-state index contributed by atoms with van der Waals surface area (Å²) in [6, 6.07) is 1.29. The van der Waals surface area contributed by atoms with E-state index in [1.165, 1.54) is 13.0 Å². The van der Waals surface area contributed by atoms with Gasteiger partial charge in [0.15, 0.2) is 0 Å². The second-order valence-electron chi connectivity index (χ2n) is 9.83. The average Bonchev–Trinajstić information content (AvgIpc) is 3.17. The molecule has 2 aromatic rings. The van der Waals surface area contributed by atoms with Crippen LogP contribution in [-0.2, 0) is 23.6 Å². The molecule has 1 aromatic heterocycles. The third-order valence-corrected chi connectivity index (χ3v) is 7.25. The Morgan fingerprint density at radius 2 is 1.65 bits per heavy atom. The summed E-state index contributed by atoms with van der Waals surface area (Å²) in [5.74, 6) is 0.376. The second-order valence-corrected chi connectivity index (χ2v) is 9.83. The standard InChI is InChI=1S/C26H28F8N4O2/c1-3-37(20-4-6-35-7-5-20)23-17(8-16(12-36-23)22(27)28)13-38-14(2)21(40-24(38)39)15-9-18(25(29,30)31)11-19(10-15)26(32,33)34/h8-12,14,20-22,35H,3-7,13H2,1-2H3. The maximum atomic E-state index is 13.6. The molecule has 2 aliphatic heterocycles. The maximum Gasteiger partial charge on any atom is 0.416 e. The van der Waals surface area contributed by atoms with Crippen molar-refractivity contribution in [1.82, 2.24) is 15.2 Å². The summed E-state index contributed by atoms with van der Waals surface area (Å²) in [7, 11) is 0. The number of cyclic esters (lactones) is 1. The Hall–Kier alpha value is -3.16. The number of hydrogen-bond acceptors (Lipinski definition) is 5. The van der Waals surface area contributed by atoms with Gasteiger partial charge in [-0.3, -0.25) is 4.90 Å². The minimum Gasteiger partial charge on any atom is -0.439 e. The van der Waals surface area contributed by atoms with Crippen LogP contribution in [0, 0.1) is 0 Å². The first-order chi connectivity index (χ1) is 18.7. The van der Waals surface area contributed by atoms with Crippen LogP contribution in [0.1, 0.15) is 67.0 Å². The number of amides is 1. The number of aromatic nitrogens is 1. The average molecular weight is 581 g/mol. The molecule has 2 saturated heterocycles. The van der Waals surface area contributed by atoms with Gasteiger partial charge in [-0.25, -0.2) is 18.6 Å². The first-order valence-electron chi connectivity index (χ1n) is 12.7. The highest BCUT2D eigenvalue weighted by molar-refractivity contribution is 5.71. The lowest BCUT2D eigenvalue weighted by atomic mass is 9.97. The van der Waals surface area contributed by atoms with Crippen molar-refractivity contribution in [3.8, 4) is 0 Å². The van der Waals surface area contributed by atoms with Crippen molar-refractivity contribution in [1.29, 1.82) is 0 Å². The molecule has 3 heterocycles. The Bertz CT molecular complexity index is 1180. The fourth-order valence-electron chi connectivity index (χ4n) is 5.20. The predicted molar refractivity (Wildman–Crippen MR) is 129 cm³/mol. The van der Waals surface area contributed by atoms with Crippen LogP contribution in [-0.4, -0.2) is 47.7 Å². The number of ether oxygens (including phenoxy) is 1. The molecular formula is C26H28F8N4O2. The first kappa shape index (κ1) is 29.8. The lowest BCUT2D eigenvalue weighted by Crippen LogP contribution is -2.44. The fraction of sp³-hybridized carbons (Fsp3) is 0.538. The van der Waals surface area contributed by atoms with Crippen LogP contribution in [0.5, 0.6) is 0 Å². The molecule has 2 unspecified atom stereocenters. The first-order valence-corrected chi connectivity index (χ1v) is 12.7. The van der Waals surface area contributed by atoms with Gasteiger partial charge < -0.3 is 15.0 Å². The van der Waals surface area contributed by atoms with Gasteiger partial charge in [-0.2, -0.15) is 26.3 Å². The number of rotatable bonds is 7. The van der Waals surface area contributed by atoms with Gasteiger partial charge in [-0.1, -0.05) is 0 Å². The van der Waals surface area contributed by atoms with Crippen molar-refractivity contribution in [2.75, 3.05) is 24.5 Å². The van der Waals surface area contributed by atoms with E-state index >= 15 is 0 Å². The molecule has 4 rings (SSSR count). The van der Waals surface area contributed by atoms with Crippen LogP contribution >= 0.6 is 0 Å². The number of benzene rings is 1. The molecule has 40 heavy (non-hydrogen) atoms. The molecule has 2 atom stereocenters. The van der Waals surface area contributed by atoms with E-state index in [1.807, 2.05) is 11.8 Å². The van der Waals surface area contributed by atoms with Gasteiger partial charge in [0.05, 0.1) is 23.7 Å². The van der Waals surface area contributed by atoms with E-state index in [0.717, 1.165) is 37.0 Å². The third kappa shape index (κ3) is 6.26. The monoisotopic (exact) mass is 580 g/mol. The minimum absolute atomic E-state index is 0.00336. The molecule has 2 aliphatic rings. The zero-order valence-corrected chi connectivity index (χ0v) is 21.6. The number of pyridine rings is 1. The number of nitrogens with one attached hydrogen (secondary N) is 1. The zero-order chi connectivity index (χ0) is 29.4. The Kier molecular flexibility index (Phi) is 8.48. The van der Waals surface area contributed by atoms with Gasteiger partial charge in [0, 0.05) is 29.9 Å². The van der Waals surface area contributed by atoms with E-state index in [9.17, 15) is 39.9 Å². The molecule has 0 aliphatic carbocycles. The number of anilines is 1. The van der Waals surface area contributed by atoms with Gasteiger partial charge in [0.2, 0.25) is 0 Å². The summed E-state index contributed by atoms with van der Waals surface area (Å²) in [4.78, 5) is 20.2. The smallest absolute Gasteiger partial charge is 0.416 e. The quantitative estimate of drug-likeness (QED) is 0.369. The molecule has 0 spiro atoms. The topological polar surface area (TPSA) is 57.7 Å². The number of piperidine rings is 1. The summed E-state index contributed by atoms with van der Waals surface area (Å²) >= 11 is 0. The van der Waals surface area contributed by atoms with Crippen molar-refractivity contribution in [2.24, 2.45) is 0 Å². The van der Waals surface area contributed by atoms with Crippen molar-refractivity contribution >= 4 is 11.9 Å².